The minimum atomic E-state index is -0.403. The second kappa shape index (κ2) is 6.15. The number of rotatable bonds is 4. The molecular formula is C15H20FNO2. The standard InChI is InChI=1S/C15H20FNO2/c1-19-14-7-6-12(16)8-13(14)15(18)11-4-2-10(9-17)3-5-11/h6-8,10-11H,2-5,9,17H2,1H3. The first-order valence-corrected chi connectivity index (χ1v) is 6.73. The van der Waals surface area contributed by atoms with E-state index in [1.165, 1.54) is 25.3 Å². The van der Waals surface area contributed by atoms with Crippen molar-refractivity contribution < 1.29 is 13.9 Å². The van der Waals surface area contributed by atoms with E-state index in [0.29, 0.717) is 23.8 Å². The van der Waals surface area contributed by atoms with E-state index in [1.54, 1.807) is 0 Å². The Morgan fingerprint density at radius 2 is 2.05 bits per heavy atom. The Kier molecular flexibility index (Phi) is 4.53. The van der Waals surface area contributed by atoms with Crippen molar-refractivity contribution in [2.45, 2.75) is 25.7 Å². The Balaban J connectivity index is 2.14. The molecule has 0 atom stereocenters. The third kappa shape index (κ3) is 3.13. The van der Waals surface area contributed by atoms with Gasteiger partial charge in [-0.15, -0.1) is 0 Å². The number of benzene rings is 1. The number of methoxy groups -OCH3 is 1. The van der Waals surface area contributed by atoms with Gasteiger partial charge in [-0.1, -0.05) is 0 Å². The molecule has 1 aliphatic carbocycles. The van der Waals surface area contributed by atoms with Crippen LogP contribution in [0.3, 0.4) is 0 Å². The Morgan fingerprint density at radius 1 is 1.37 bits per heavy atom. The average molecular weight is 265 g/mol. The van der Waals surface area contributed by atoms with Gasteiger partial charge in [0.05, 0.1) is 12.7 Å². The van der Waals surface area contributed by atoms with Crippen molar-refractivity contribution in [1.29, 1.82) is 0 Å². The molecule has 0 spiro atoms. The van der Waals surface area contributed by atoms with Crippen LogP contribution in [-0.4, -0.2) is 19.4 Å². The molecule has 1 aromatic rings. The molecule has 0 bridgehead atoms. The van der Waals surface area contributed by atoms with Crippen molar-refractivity contribution in [3.63, 3.8) is 0 Å². The summed E-state index contributed by atoms with van der Waals surface area (Å²) in [5.74, 6) is 0.538. The molecule has 2 N–H and O–H groups in total. The zero-order valence-electron chi connectivity index (χ0n) is 11.2. The molecule has 19 heavy (non-hydrogen) atoms. The largest absolute Gasteiger partial charge is 0.496 e. The van der Waals surface area contributed by atoms with E-state index in [2.05, 4.69) is 0 Å². The highest BCUT2D eigenvalue weighted by Crippen LogP contribution is 2.32. The van der Waals surface area contributed by atoms with E-state index in [4.69, 9.17) is 10.5 Å². The second-order valence-electron chi connectivity index (χ2n) is 5.16. The van der Waals surface area contributed by atoms with Crippen molar-refractivity contribution in [2.24, 2.45) is 17.6 Å². The van der Waals surface area contributed by atoms with E-state index >= 15 is 0 Å². The Labute approximate surface area is 112 Å². The number of Topliss-reactive ketones (excluding diaryl/α,β-unsaturated/α-hetero) is 1. The van der Waals surface area contributed by atoms with Gasteiger partial charge >= 0.3 is 0 Å². The topological polar surface area (TPSA) is 52.3 Å². The van der Waals surface area contributed by atoms with E-state index < -0.39 is 5.82 Å². The molecule has 0 heterocycles. The van der Waals surface area contributed by atoms with Gasteiger partial charge in [0.1, 0.15) is 11.6 Å². The molecule has 2 rings (SSSR count). The summed E-state index contributed by atoms with van der Waals surface area (Å²) in [6.45, 7) is 0.685. The van der Waals surface area contributed by atoms with E-state index in [1.807, 2.05) is 0 Å². The summed E-state index contributed by atoms with van der Waals surface area (Å²) in [5.41, 5.74) is 6.01. The summed E-state index contributed by atoms with van der Waals surface area (Å²) in [7, 11) is 1.50. The first-order valence-electron chi connectivity index (χ1n) is 6.73. The number of hydrogen-bond donors (Lipinski definition) is 1. The fraction of sp³-hybridized carbons (Fsp3) is 0.533. The minimum absolute atomic E-state index is 0.00757. The van der Waals surface area contributed by atoms with Crippen LogP contribution >= 0.6 is 0 Å². The lowest BCUT2D eigenvalue weighted by Gasteiger charge is -2.27. The summed E-state index contributed by atoms with van der Waals surface area (Å²) in [6.07, 6.45) is 3.62. The quantitative estimate of drug-likeness (QED) is 0.852. The molecule has 0 saturated heterocycles. The van der Waals surface area contributed by atoms with Crippen LogP contribution in [0.25, 0.3) is 0 Å². The third-order valence-electron chi connectivity index (χ3n) is 3.98. The van der Waals surface area contributed by atoms with Crippen molar-refractivity contribution in [3.8, 4) is 5.75 Å². The molecule has 1 fully saturated rings. The van der Waals surface area contributed by atoms with Crippen LogP contribution in [0, 0.1) is 17.7 Å². The molecule has 4 heteroatoms. The molecule has 1 aliphatic rings. The fourth-order valence-corrected chi connectivity index (χ4v) is 2.75. The monoisotopic (exact) mass is 265 g/mol. The summed E-state index contributed by atoms with van der Waals surface area (Å²) < 4.78 is 18.5. The molecule has 3 nitrogen and oxygen atoms in total. The van der Waals surface area contributed by atoms with Gasteiger partial charge in [-0.3, -0.25) is 4.79 Å². The maximum Gasteiger partial charge on any atom is 0.169 e. The van der Waals surface area contributed by atoms with Gasteiger partial charge in [-0.05, 0) is 56.3 Å². The summed E-state index contributed by atoms with van der Waals surface area (Å²) in [5, 5.41) is 0. The number of hydrogen-bond acceptors (Lipinski definition) is 3. The molecular weight excluding hydrogens is 245 g/mol. The first-order chi connectivity index (χ1) is 9.15. The van der Waals surface area contributed by atoms with Crippen molar-refractivity contribution >= 4 is 5.78 Å². The molecule has 0 unspecified atom stereocenters. The van der Waals surface area contributed by atoms with Crippen molar-refractivity contribution in [2.75, 3.05) is 13.7 Å². The maximum atomic E-state index is 13.3. The molecule has 104 valence electrons. The number of ketones is 1. The minimum Gasteiger partial charge on any atom is -0.496 e. The lowest BCUT2D eigenvalue weighted by molar-refractivity contribution is 0.0870. The number of ether oxygens (including phenoxy) is 1. The Hall–Kier alpha value is -1.42. The molecule has 0 radical (unpaired) electrons. The molecule has 1 aromatic carbocycles. The number of carbonyl (C=O) groups is 1. The average Bonchev–Trinajstić information content (AvgIpc) is 2.46. The number of carbonyl (C=O) groups excluding carboxylic acids is 1. The van der Waals surface area contributed by atoms with Gasteiger partial charge in [-0.2, -0.15) is 0 Å². The Bertz CT molecular complexity index is 453. The lowest BCUT2D eigenvalue weighted by Crippen LogP contribution is -2.26. The maximum absolute atomic E-state index is 13.3. The van der Waals surface area contributed by atoms with Gasteiger partial charge in [-0.25, -0.2) is 4.39 Å². The third-order valence-corrected chi connectivity index (χ3v) is 3.98. The van der Waals surface area contributed by atoms with Gasteiger partial charge in [0.2, 0.25) is 0 Å². The zero-order valence-corrected chi connectivity index (χ0v) is 11.2. The van der Waals surface area contributed by atoms with Gasteiger partial charge < -0.3 is 10.5 Å². The highest BCUT2D eigenvalue weighted by molar-refractivity contribution is 6.00. The number of halogens is 1. The highest BCUT2D eigenvalue weighted by atomic mass is 19.1. The normalized spacial score (nSPS) is 23.1. The van der Waals surface area contributed by atoms with Crippen LogP contribution in [0.5, 0.6) is 5.75 Å². The number of nitrogens with two attached hydrogens (primary N) is 1. The predicted octanol–water partition coefficient (Wildman–Crippen LogP) is 2.78. The van der Waals surface area contributed by atoms with E-state index in [9.17, 15) is 9.18 Å². The molecule has 0 amide bonds. The van der Waals surface area contributed by atoms with Crippen molar-refractivity contribution in [1.82, 2.24) is 0 Å². The van der Waals surface area contributed by atoms with Crippen LogP contribution in [0.4, 0.5) is 4.39 Å². The van der Waals surface area contributed by atoms with Crippen LogP contribution in [0.15, 0.2) is 18.2 Å². The van der Waals surface area contributed by atoms with Crippen LogP contribution < -0.4 is 10.5 Å². The summed E-state index contributed by atoms with van der Waals surface area (Å²) in [6, 6.07) is 4.09. The lowest BCUT2D eigenvalue weighted by atomic mass is 9.78. The SMILES string of the molecule is COc1ccc(F)cc1C(=O)C1CCC(CN)CC1. The second-order valence-corrected chi connectivity index (χ2v) is 5.16. The van der Waals surface area contributed by atoms with Gasteiger partial charge in [0.15, 0.2) is 5.78 Å². The summed E-state index contributed by atoms with van der Waals surface area (Å²) in [4.78, 5) is 12.4. The smallest absolute Gasteiger partial charge is 0.169 e. The summed E-state index contributed by atoms with van der Waals surface area (Å²) >= 11 is 0. The van der Waals surface area contributed by atoms with Crippen LogP contribution in [0.2, 0.25) is 0 Å². The molecule has 1 saturated carbocycles. The highest BCUT2D eigenvalue weighted by Gasteiger charge is 2.28. The zero-order chi connectivity index (χ0) is 13.8. The predicted molar refractivity (Wildman–Crippen MR) is 71.8 cm³/mol. The first kappa shape index (κ1) is 14.0. The molecule has 0 aromatic heterocycles. The van der Waals surface area contributed by atoms with Crippen LogP contribution in [-0.2, 0) is 0 Å². The van der Waals surface area contributed by atoms with Crippen molar-refractivity contribution in [3.05, 3.63) is 29.6 Å². The Morgan fingerprint density at radius 3 is 2.63 bits per heavy atom. The van der Waals surface area contributed by atoms with E-state index in [0.717, 1.165) is 25.7 Å². The fourth-order valence-electron chi connectivity index (χ4n) is 2.75. The van der Waals surface area contributed by atoms with E-state index in [-0.39, 0.29) is 11.7 Å². The molecule has 0 aliphatic heterocycles. The van der Waals surface area contributed by atoms with Crippen LogP contribution in [0.1, 0.15) is 36.0 Å². The van der Waals surface area contributed by atoms with Gasteiger partial charge in [0.25, 0.3) is 0 Å². The van der Waals surface area contributed by atoms with Gasteiger partial charge in [0, 0.05) is 5.92 Å².